The fourth-order valence-electron chi connectivity index (χ4n) is 2.59. The maximum absolute atomic E-state index is 11.9. The molecule has 6 heteroatoms. The third kappa shape index (κ3) is 1.85. The smallest absolute Gasteiger partial charge is 0.231 e. The molecular weight excluding hydrogens is 266 g/mol. The Bertz CT molecular complexity index is 662. The van der Waals surface area contributed by atoms with Gasteiger partial charge < -0.3 is 9.47 Å². The first-order valence-corrected chi connectivity index (χ1v) is 7.80. The lowest BCUT2D eigenvalue weighted by molar-refractivity contribution is 0.174. The van der Waals surface area contributed by atoms with Gasteiger partial charge in [-0.2, -0.15) is 5.26 Å². The lowest BCUT2D eigenvalue weighted by Gasteiger charge is -2.02. The summed E-state index contributed by atoms with van der Waals surface area (Å²) >= 11 is 0. The van der Waals surface area contributed by atoms with Crippen LogP contribution in [-0.4, -0.2) is 26.2 Å². The molecule has 3 rings (SSSR count). The van der Waals surface area contributed by atoms with E-state index in [0.717, 1.165) is 5.56 Å². The van der Waals surface area contributed by atoms with Crippen LogP contribution in [-0.2, 0) is 9.84 Å². The average molecular weight is 279 g/mol. The Morgan fingerprint density at radius 3 is 2.79 bits per heavy atom. The molecule has 0 saturated heterocycles. The van der Waals surface area contributed by atoms with Crippen molar-refractivity contribution in [3.63, 3.8) is 0 Å². The molecule has 2 aliphatic rings. The first-order valence-electron chi connectivity index (χ1n) is 6.09. The highest BCUT2D eigenvalue weighted by molar-refractivity contribution is 7.92. The summed E-state index contributed by atoms with van der Waals surface area (Å²) in [6.07, 6.45) is 0. The zero-order valence-electron chi connectivity index (χ0n) is 10.4. The number of rotatable bonds is 3. The van der Waals surface area contributed by atoms with Gasteiger partial charge in [0.25, 0.3) is 0 Å². The number of nitriles is 1. The molecule has 0 spiro atoms. The van der Waals surface area contributed by atoms with Crippen LogP contribution in [0.25, 0.3) is 0 Å². The summed E-state index contributed by atoms with van der Waals surface area (Å²) in [4.78, 5) is 0. The second-order valence-corrected chi connectivity index (χ2v) is 7.16. The lowest BCUT2D eigenvalue weighted by atomic mass is 10.1. The SMILES string of the molecule is CCS(=O)(=O)[C@@H]1[C@@H](C#N)[C@@H]1c1ccc2c(c1)OCO2. The van der Waals surface area contributed by atoms with Crippen LogP contribution < -0.4 is 9.47 Å². The van der Waals surface area contributed by atoms with E-state index in [1.54, 1.807) is 19.1 Å². The molecule has 1 aromatic carbocycles. The maximum Gasteiger partial charge on any atom is 0.231 e. The summed E-state index contributed by atoms with van der Waals surface area (Å²) < 4.78 is 34.4. The van der Waals surface area contributed by atoms with Crippen molar-refractivity contribution in [2.75, 3.05) is 12.5 Å². The first-order chi connectivity index (χ1) is 9.08. The van der Waals surface area contributed by atoms with Gasteiger partial charge in [-0.05, 0) is 17.7 Å². The molecule has 19 heavy (non-hydrogen) atoms. The fraction of sp³-hybridized carbons (Fsp3) is 0.462. The molecule has 0 unspecified atom stereocenters. The molecular formula is C13H13NO4S. The third-order valence-corrected chi connectivity index (χ3v) is 5.92. The minimum atomic E-state index is -3.19. The number of ether oxygens (including phenoxy) is 2. The largest absolute Gasteiger partial charge is 0.454 e. The maximum atomic E-state index is 11.9. The summed E-state index contributed by atoms with van der Waals surface area (Å²) in [5, 5.41) is 8.51. The van der Waals surface area contributed by atoms with E-state index < -0.39 is 21.0 Å². The minimum Gasteiger partial charge on any atom is -0.454 e. The van der Waals surface area contributed by atoms with Crippen LogP contribution in [0.5, 0.6) is 11.5 Å². The molecule has 0 bridgehead atoms. The predicted octanol–water partition coefficient (Wildman–Crippen LogP) is 1.46. The summed E-state index contributed by atoms with van der Waals surface area (Å²) in [7, 11) is -3.19. The van der Waals surface area contributed by atoms with Crippen molar-refractivity contribution in [2.24, 2.45) is 5.92 Å². The van der Waals surface area contributed by atoms with E-state index in [9.17, 15) is 8.42 Å². The van der Waals surface area contributed by atoms with Crippen molar-refractivity contribution in [1.82, 2.24) is 0 Å². The van der Waals surface area contributed by atoms with Crippen molar-refractivity contribution >= 4 is 9.84 Å². The Labute approximate surface area is 111 Å². The van der Waals surface area contributed by atoms with E-state index in [1.807, 2.05) is 6.07 Å². The van der Waals surface area contributed by atoms with E-state index >= 15 is 0 Å². The summed E-state index contributed by atoms with van der Waals surface area (Å²) in [6.45, 7) is 1.79. The van der Waals surface area contributed by atoms with Crippen LogP contribution in [0.15, 0.2) is 18.2 Å². The van der Waals surface area contributed by atoms with E-state index in [4.69, 9.17) is 14.7 Å². The number of nitrogens with zero attached hydrogens (tertiary/aromatic N) is 1. The highest BCUT2D eigenvalue weighted by Crippen LogP contribution is 2.53. The van der Waals surface area contributed by atoms with Crippen LogP contribution in [0.3, 0.4) is 0 Å². The quantitative estimate of drug-likeness (QED) is 0.837. The van der Waals surface area contributed by atoms with Crippen molar-refractivity contribution < 1.29 is 17.9 Å². The van der Waals surface area contributed by atoms with E-state index in [-0.39, 0.29) is 18.5 Å². The molecule has 0 aromatic heterocycles. The zero-order valence-corrected chi connectivity index (χ0v) is 11.2. The van der Waals surface area contributed by atoms with Gasteiger partial charge in [0.05, 0.1) is 17.2 Å². The highest BCUT2D eigenvalue weighted by atomic mass is 32.2. The van der Waals surface area contributed by atoms with Crippen LogP contribution in [0.4, 0.5) is 0 Å². The van der Waals surface area contributed by atoms with Crippen molar-refractivity contribution in [1.29, 1.82) is 5.26 Å². The molecule has 0 N–H and O–H groups in total. The number of fused-ring (bicyclic) bond motifs is 1. The Balaban J connectivity index is 1.94. The van der Waals surface area contributed by atoms with Gasteiger partial charge >= 0.3 is 0 Å². The Morgan fingerprint density at radius 2 is 2.11 bits per heavy atom. The topological polar surface area (TPSA) is 76.4 Å². The van der Waals surface area contributed by atoms with Gasteiger partial charge in [0.2, 0.25) is 6.79 Å². The Hall–Kier alpha value is -1.74. The monoisotopic (exact) mass is 279 g/mol. The minimum absolute atomic E-state index is 0.0664. The van der Waals surface area contributed by atoms with E-state index in [1.165, 1.54) is 0 Å². The van der Waals surface area contributed by atoms with Crippen molar-refractivity contribution in [3.05, 3.63) is 23.8 Å². The van der Waals surface area contributed by atoms with Gasteiger partial charge in [0, 0.05) is 11.7 Å². The molecule has 100 valence electrons. The van der Waals surface area contributed by atoms with Crippen LogP contribution in [0.1, 0.15) is 18.4 Å². The standard InChI is InChI=1S/C13H13NO4S/c1-2-19(15,16)13-9(6-14)12(13)8-3-4-10-11(5-8)18-7-17-10/h3-5,9,12-13H,2,7H2,1H3/t9-,12-,13+/m0/s1. The second kappa shape index (κ2) is 4.14. The van der Waals surface area contributed by atoms with Crippen molar-refractivity contribution in [3.8, 4) is 17.6 Å². The predicted molar refractivity (Wildman–Crippen MR) is 67.7 cm³/mol. The molecule has 5 nitrogen and oxygen atoms in total. The first kappa shape index (κ1) is 12.3. The van der Waals surface area contributed by atoms with E-state index in [2.05, 4.69) is 6.07 Å². The zero-order chi connectivity index (χ0) is 13.6. The molecule has 0 radical (unpaired) electrons. The molecule has 3 atom stereocenters. The molecule has 1 heterocycles. The third-order valence-electron chi connectivity index (χ3n) is 3.70. The van der Waals surface area contributed by atoms with Gasteiger partial charge in [-0.15, -0.1) is 0 Å². The molecule has 1 saturated carbocycles. The number of hydrogen-bond donors (Lipinski definition) is 0. The fourth-order valence-corrected chi connectivity index (χ4v) is 4.34. The van der Waals surface area contributed by atoms with Crippen molar-refractivity contribution in [2.45, 2.75) is 18.1 Å². The molecule has 0 amide bonds. The molecule has 1 aliphatic carbocycles. The van der Waals surface area contributed by atoms with Crippen LogP contribution in [0, 0.1) is 17.2 Å². The summed E-state index contributed by atoms with van der Waals surface area (Å²) in [5.74, 6) is 0.646. The Morgan fingerprint density at radius 1 is 1.37 bits per heavy atom. The van der Waals surface area contributed by atoms with Gasteiger partial charge in [-0.3, -0.25) is 0 Å². The molecule has 1 aliphatic heterocycles. The Kier molecular flexibility index (Phi) is 2.68. The van der Waals surface area contributed by atoms with E-state index in [0.29, 0.717) is 11.5 Å². The normalized spacial score (nSPS) is 27.9. The highest BCUT2D eigenvalue weighted by Gasteiger charge is 2.58. The van der Waals surface area contributed by atoms with Gasteiger partial charge in [0.1, 0.15) is 0 Å². The van der Waals surface area contributed by atoms with Crippen LogP contribution >= 0.6 is 0 Å². The number of sulfone groups is 1. The average Bonchev–Trinajstić information content (AvgIpc) is 2.99. The van der Waals surface area contributed by atoms with Crippen LogP contribution in [0.2, 0.25) is 0 Å². The number of benzene rings is 1. The lowest BCUT2D eigenvalue weighted by Crippen LogP contribution is -2.12. The molecule has 1 fully saturated rings. The van der Waals surface area contributed by atoms with Gasteiger partial charge in [0.15, 0.2) is 21.3 Å². The van der Waals surface area contributed by atoms with Gasteiger partial charge in [-0.25, -0.2) is 8.42 Å². The summed E-state index contributed by atoms with van der Waals surface area (Å²) in [5.41, 5.74) is 0.831. The number of hydrogen-bond acceptors (Lipinski definition) is 5. The second-order valence-electron chi connectivity index (χ2n) is 4.71. The van der Waals surface area contributed by atoms with Gasteiger partial charge in [-0.1, -0.05) is 13.0 Å². The molecule has 1 aromatic rings. The summed E-state index contributed by atoms with van der Waals surface area (Å²) in [6, 6.07) is 7.45.